The van der Waals surface area contributed by atoms with E-state index in [2.05, 4.69) is 15.6 Å². The standard InChI is InChI=1S/C15H18N4OS/c1-2-17-14(20)7-8-18-13-9-11(15(16)21)10-5-3-4-6-12(10)19-13/h3-6,9H,2,7-8H2,1H3,(H2,16,21)(H,17,20)(H,18,19). The number of pyridine rings is 1. The SMILES string of the molecule is CCNC(=O)CCNc1cc(C(N)=S)c2ccccc2n1. The lowest BCUT2D eigenvalue weighted by Crippen LogP contribution is -2.25. The Morgan fingerprint density at radius 3 is 2.86 bits per heavy atom. The molecule has 2 aromatic rings. The number of nitrogens with two attached hydrogens (primary N) is 1. The maximum Gasteiger partial charge on any atom is 0.221 e. The number of benzene rings is 1. The van der Waals surface area contributed by atoms with E-state index in [-0.39, 0.29) is 5.91 Å². The van der Waals surface area contributed by atoms with E-state index in [0.717, 1.165) is 16.5 Å². The highest BCUT2D eigenvalue weighted by Gasteiger charge is 2.08. The number of nitrogens with zero attached hydrogens (tertiary/aromatic N) is 1. The molecule has 1 aromatic carbocycles. The van der Waals surface area contributed by atoms with Gasteiger partial charge >= 0.3 is 0 Å². The molecule has 1 aromatic heterocycles. The van der Waals surface area contributed by atoms with Gasteiger partial charge in [0.25, 0.3) is 0 Å². The van der Waals surface area contributed by atoms with Crippen molar-refractivity contribution in [1.82, 2.24) is 10.3 Å². The average Bonchev–Trinajstić information content (AvgIpc) is 2.46. The van der Waals surface area contributed by atoms with Crippen LogP contribution in [0.15, 0.2) is 30.3 Å². The summed E-state index contributed by atoms with van der Waals surface area (Å²) in [6.07, 6.45) is 0.394. The zero-order chi connectivity index (χ0) is 15.2. The fraction of sp³-hybridized carbons (Fsp3) is 0.267. The summed E-state index contributed by atoms with van der Waals surface area (Å²) < 4.78 is 0. The molecule has 0 bridgehead atoms. The van der Waals surface area contributed by atoms with Gasteiger partial charge in [-0.25, -0.2) is 4.98 Å². The smallest absolute Gasteiger partial charge is 0.221 e. The second-order valence-electron chi connectivity index (χ2n) is 4.57. The molecule has 0 saturated heterocycles. The number of fused-ring (bicyclic) bond motifs is 1. The van der Waals surface area contributed by atoms with Gasteiger partial charge in [-0.15, -0.1) is 0 Å². The Balaban J connectivity index is 2.17. The number of amides is 1. The minimum atomic E-state index is 0.0142. The van der Waals surface area contributed by atoms with E-state index in [1.165, 1.54) is 0 Å². The maximum atomic E-state index is 11.4. The topological polar surface area (TPSA) is 80.0 Å². The fourth-order valence-electron chi connectivity index (χ4n) is 2.06. The van der Waals surface area contributed by atoms with Gasteiger partial charge in [0.15, 0.2) is 0 Å². The van der Waals surface area contributed by atoms with Crippen LogP contribution in [-0.4, -0.2) is 29.0 Å². The zero-order valence-electron chi connectivity index (χ0n) is 11.8. The number of rotatable bonds is 6. The number of nitrogens with one attached hydrogen (secondary N) is 2. The molecule has 6 heteroatoms. The Bertz CT molecular complexity index is 672. The van der Waals surface area contributed by atoms with Crippen LogP contribution >= 0.6 is 12.2 Å². The Morgan fingerprint density at radius 1 is 1.38 bits per heavy atom. The third-order valence-corrected chi connectivity index (χ3v) is 3.23. The van der Waals surface area contributed by atoms with Crippen LogP contribution in [0.3, 0.4) is 0 Å². The van der Waals surface area contributed by atoms with E-state index in [9.17, 15) is 4.79 Å². The van der Waals surface area contributed by atoms with E-state index in [0.29, 0.717) is 30.3 Å². The number of hydrogen-bond donors (Lipinski definition) is 3. The Hall–Kier alpha value is -2.21. The molecular formula is C15H18N4OS. The van der Waals surface area contributed by atoms with Gasteiger partial charge in [0.1, 0.15) is 10.8 Å². The highest BCUT2D eigenvalue weighted by Crippen LogP contribution is 2.20. The Kier molecular flexibility index (Phi) is 5.05. The van der Waals surface area contributed by atoms with Crippen LogP contribution in [0.25, 0.3) is 10.9 Å². The number of carbonyl (C=O) groups is 1. The fourth-order valence-corrected chi connectivity index (χ4v) is 2.23. The average molecular weight is 302 g/mol. The lowest BCUT2D eigenvalue weighted by molar-refractivity contribution is -0.120. The molecule has 5 nitrogen and oxygen atoms in total. The predicted octanol–water partition coefficient (Wildman–Crippen LogP) is 1.81. The van der Waals surface area contributed by atoms with Gasteiger partial charge in [-0.2, -0.15) is 0 Å². The van der Waals surface area contributed by atoms with Gasteiger partial charge in [-0.05, 0) is 19.1 Å². The maximum absolute atomic E-state index is 11.4. The first-order valence-corrected chi connectivity index (χ1v) is 7.22. The second kappa shape index (κ2) is 6.99. The number of aromatic nitrogens is 1. The lowest BCUT2D eigenvalue weighted by atomic mass is 10.1. The molecule has 2 rings (SSSR count). The van der Waals surface area contributed by atoms with Crippen molar-refractivity contribution in [3.63, 3.8) is 0 Å². The molecular weight excluding hydrogens is 284 g/mol. The minimum Gasteiger partial charge on any atom is -0.389 e. The van der Waals surface area contributed by atoms with Gasteiger partial charge in [0.2, 0.25) is 5.91 Å². The van der Waals surface area contributed by atoms with E-state index in [1.807, 2.05) is 37.3 Å². The van der Waals surface area contributed by atoms with Crippen LogP contribution in [0.4, 0.5) is 5.82 Å². The number of para-hydroxylation sites is 1. The number of anilines is 1. The van der Waals surface area contributed by atoms with E-state index >= 15 is 0 Å². The molecule has 0 radical (unpaired) electrons. The molecule has 1 heterocycles. The molecule has 0 saturated carbocycles. The first-order chi connectivity index (χ1) is 10.1. The summed E-state index contributed by atoms with van der Waals surface area (Å²) in [6, 6.07) is 9.51. The normalized spacial score (nSPS) is 10.3. The predicted molar refractivity (Wildman–Crippen MR) is 89.4 cm³/mol. The summed E-state index contributed by atoms with van der Waals surface area (Å²) >= 11 is 5.10. The van der Waals surface area contributed by atoms with Crippen LogP contribution in [0.2, 0.25) is 0 Å². The third-order valence-electron chi connectivity index (χ3n) is 3.01. The molecule has 0 fully saturated rings. The van der Waals surface area contributed by atoms with Crippen LogP contribution in [-0.2, 0) is 4.79 Å². The van der Waals surface area contributed by atoms with E-state index < -0.39 is 0 Å². The second-order valence-corrected chi connectivity index (χ2v) is 5.01. The van der Waals surface area contributed by atoms with Gasteiger partial charge < -0.3 is 16.4 Å². The van der Waals surface area contributed by atoms with Crippen molar-refractivity contribution in [3.05, 3.63) is 35.9 Å². The monoisotopic (exact) mass is 302 g/mol. The zero-order valence-corrected chi connectivity index (χ0v) is 12.7. The third kappa shape index (κ3) is 3.88. The molecule has 4 N–H and O–H groups in total. The summed E-state index contributed by atoms with van der Waals surface area (Å²) in [5.74, 6) is 0.682. The van der Waals surface area contributed by atoms with Crippen molar-refractivity contribution in [2.75, 3.05) is 18.4 Å². The number of hydrogen-bond acceptors (Lipinski definition) is 4. The van der Waals surface area contributed by atoms with Gasteiger partial charge in [-0.1, -0.05) is 30.4 Å². The van der Waals surface area contributed by atoms with Crippen molar-refractivity contribution < 1.29 is 4.79 Å². The van der Waals surface area contributed by atoms with Crippen LogP contribution in [0, 0.1) is 0 Å². The molecule has 0 unspecified atom stereocenters. The highest BCUT2D eigenvalue weighted by molar-refractivity contribution is 7.80. The molecule has 110 valence electrons. The van der Waals surface area contributed by atoms with Gasteiger partial charge in [0.05, 0.1) is 5.52 Å². The lowest BCUT2D eigenvalue weighted by Gasteiger charge is -2.10. The van der Waals surface area contributed by atoms with Crippen molar-refractivity contribution >= 4 is 39.8 Å². The quantitative estimate of drug-likeness (QED) is 0.709. The van der Waals surface area contributed by atoms with Crippen LogP contribution < -0.4 is 16.4 Å². The van der Waals surface area contributed by atoms with Gasteiger partial charge in [-0.3, -0.25) is 4.79 Å². The van der Waals surface area contributed by atoms with Crippen molar-refractivity contribution in [2.45, 2.75) is 13.3 Å². The van der Waals surface area contributed by atoms with Crippen molar-refractivity contribution in [3.8, 4) is 0 Å². The summed E-state index contributed by atoms with van der Waals surface area (Å²) in [5, 5.41) is 6.82. The number of carbonyl (C=O) groups excluding carboxylic acids is 1. The molecule has 0 spiro atoms. The highest BCUT2D eigenvalue weighted by atomic mass is 32.1. The molecule has 0 aliphatic heterocycles. The molecule has 0 aliphatic carbocycles. The largest absolute Gasteiger partial charge is 0.389 e. The number of thiocarbonyl (C=S) groups is 1. The first kappa shape index (κ1) is 15.2. The van der Waals surface area contributed by atoms with Crippen LogP contribution in [0.1, 0.15) is 18.9 Å². The minimum absolute atomic E-state index is 0.0142. The Labute approximate surface area is 128 Å². The Morgan fingerprint density at radius 2 is 2.14 bits per heavy atom. The van der Waals surface area contributed by atoms with E-state index in [1.54, 1.807) is 0 Å². The summed E-state index contributed by atoms with van der Waals surface area (Å²) in [5.41, 5.74) is 7.39. The molecule has 0 aliphatic rings. The summed E-state index contributed by atoms with van der Waals surface area (Å²) in [7, 11) is 0. The summed E-state index contributed by atoms with van der Waals surface area (Å²) in [4.78, 5) is 16.2. The molecule has 1 amide bonds. The van der Waals surface area contributed by atoms with Crippen molar-refractivity contribution in [2.24, 2.45) is 5.73 Å². The first-order valence-electron chi connectivity index (χ1n) is 6.82. The molecule has 21 heavy (non-hydrogen) atoms. The van der Waals surface area contributed by atoms with E-state index in [4.69, 9.17) is 18.0 Å². The molecule has 0 atom stereocenters. The van der Waals surface area contributed by atoms with Gasteiger partial charge in [0, 0.05) is 30.5 Å². The summed E-state index contributed by atoms with van der Waals surface area (Å²) in [6.45, 7) is 3.04. The van der Waals surface area contributed by atoms with Crippen LogP contribution in [0.5, 0.6) is 0 Å². The van der Waals surface area contributed by atoms with Crippen molar-refractivity contribution in [1.29, 1.82) is 0 Å².